The Morgan fingerprint density at radius 1 is 1.22 bits per heavy atom. The molecule has 3 N–H and O–H groups in total. The van der Waals surface area contributed by atoms with E-state index in [4.69, 9.17) is 10.5 Å². The summed E-state index contributed by atoms with van der Waals surface area (Å²) in [5.74, 6) is -0.298. The van der Waals surface area contributed by atoms with Crippen LogP contribution in [0, 0.1) is 5.82 Å². The van der Waals surface area contributed by atoms with Crippen LogP contribution >= 0.6 is 0 Å². The number of nitrogens with zero attached hydrogens (tertiary/aromatic N) is 4. The summed E-state index contributed by atoms with van der Waals surface area (Å²) in [6.07, 6.45) is 5.54. The van der Waals surface area contributed by atoms with Crippen molar-refractivity contribution in [3.63, 3.8) is 0 Å². The highest BCUT2D eigenvalue weighted by molar-refractivity contribution is 6.02. The number of amides is 1. The van der Waals surface area contributed by atoms with Crippen molar-refractivity contribution in [3.05, 3.63) is 70.3 Å². The van der Waals surface area contributed by atoms with Crippen LogP contribution in [-0.4, -0.2) is 68.0 Å². The lowest BCUT2D eigenvalue weighted by molar-refractivity contribution is 0.0951. The SMILES string of the molecule is CN(C)/C=N/CCCCNC(=O)c1cn2c3c(c(N4CC[C@@H](N)C4)c(F)cc3c1=O)Oc1cc3ccccc3cc1-2. The Labute approximate surface area is 237 Å². The predicted octanol–water partition coefficient (Wildman–Crippen LogP) is 4.03. The van der Waals surface area contributed by atoms with Crippen molar-refractivity contribution in [1.29, 1.82) is 0 Å². The van der Waals surface area contributed by atoms with Gasteiger partial charge in [-0.15, -0.1) is 0 Å². The maximum Gasteiger partial charge on any atom is 0.256 e. The fourth-order valence-corrected chi connectivity index (χ4v) is 5.58. The fraction of sp³-hybridized carbons (Fsp3) is 0.323. The molecule has 1 aromatic heterocycles. The summed E-state index contributed by atoms with van der Waals surface area (Å²) in [5, 5.41) is 4.88. The third kappa shape index (κ3) is 4.99. The minimum absolute atomic E-state index is 0.0505. The van der Waals surface area contributed by atoms with Crippen LogP contribution in [-0.2, 0) is 0 Å². The van der Waals surface area contributed by atoms with Crippen molar-refractivity contribution in [2.45, 2.75) is 25.3 Å². The zero-order valence-electron chi connectivity index (χ0n) is 23.2. The van der Waals surface area contributed by atoms with E-state index in [2.05, 4.69) is 10.3 Å². The quantitative estimate of drug-likeness (QED) is 0.170. The lowest BCUT2D eigenvalue weighted by Gasteiger charge is -2.29. The molecule has 1 amide bonds. The maximum atomic E-state index is 15.8. The number of aliphatic imine (C=N–C) groups is 1. The summed E-state index contributed by atoms with van der Waals surface area (Å²) in [6, 6.07) is 12.9. The number of carbonyl (C=O) groups excluding carboxylic acids is 1. The highest BCUT2D eigenvalue weighted by atomic mass is 19.1. The van der Waals surface area contributed by atoms with Crippen molar-refractivity contribution in [3.8, 4) is 17.2 Å². The van der Waals surface area contributed by atoms with Gasteiger partial charge in [-0.3, -0.25) is 14.6 Å². The molecule has 9 nitrogen and oxygen atoms in total. The first-order valence-corrected chi connectivity index (χ1v) is 13.9. The van der Waals surface area contributed by atoms with Gasteiger partial charge in [0.2, 0.25) is 5.43 Å². The number of anilines is 1. The molecule has 0 aliphatic carbocycles. The molecule has 4 aromatic rings. The van der Waals surface area contributed by atoms with Gasteiger partial charge in [0.15, 0.2) is 17.3 Å². The number of halogens is 1. The average Bonchev–Trinajstić information content (AvgIpc) is 3.37. The number of hydrogen-bond donors (Lipinski definition) is 2. The number of carbonyl (C=O) groups is 1. The number of nitrogens with one attached hydrogen (secondary N) is 1. The third-order valence-electron chi connectivity index (χ3n) is 7.57. The van der Waals surface area contributed by atoms with Gasteiger partial charge in [-0.05, 0) is 48.2 Å². The van der Waals surface area contributed by atoms with E-state index in [1.807, 2.05) is 60.3 Å². The molecule has 0 bridgehead atoms. The van der Waals surface area contributed by atoms with Crippen molar-refractivity contribution in [2.75, 3.05) is 45.2 Å². The van der Waals surface area contributed by atoms with E-state index in [9.17, 15) is 9.59 Å². The molecule has 0 radical (unpaired) electrons. The summed E-state index contributed by atoms with van der Waals surface area (Å²) >= 11 is 0. The molecule has 3 heterocycles. The largest absolute Gasteiger partial charge is 0.451 e. The zero-order chi connectivity index (χ0) is 28.7. The fourth-order valence-electron chi connectivity index (χ4n) is 5.58. The maximum absolute atomic E-state index is 15.8. The summed E-state index contributed by atoms with van der Waals surface area (Å²) in [4.78, 5) is 35.0. The molecule has 212 valence electrons. The average molecular weight is 557 g/mol. The van der Waals surface area contributed by atoms with Gasteiger partial charge in [-0.25, -0.2) is 4.39 Å². The number of nitrogens with two attached hydrogens (primary N) is 1. The van der Waals surface area contributed by atoms with Crippen LogP contribution in [0.25, 0.3) is 27.4 Å². The second-order valence-corrected chi connectivity index (χ2v) is 10.9. The van der Waals surface area contributed by atoms with Gasteiger partial charge >= 0.3 is 0 Å². The van der Waals surface area contributed by atoms with E-state index in [-0.39, 0.29) is 28.4 Å². The summed E-state index contributed by atoms with van der Waals surface area (Å²) in [5.41, 5.74) is 6.95. The number of rotatable bonds is 8. The Morgan fingerprint density at radius 2 is 2.00 bits per heavy atom. The van der Waals surface area contributed by atoms with Gasteiger partial charge in [0.1, 0.15) is 16.8 Å². The number of unbranched alkanes of at least 4 members (excludes halogenated alkanes) is 1. The van der Waals surface area contributed by atoms with Crippen molar-refractivity contribution >= 4 is 39.6 Å². The molecule has 2 aliphatic rings. The van der Waals surface area contributed by atoms with Crippen LogP contribution in [0.5, 0.6) is 11.5 Å². The lowest BCUT2D eigenvalue weighted by atomic mass is 10.0. The number of fused-ring (bicyclic) bond motifs is 3. The Hall–Kier alpha value is -4.44. The molecule has 41 heavy (non-hydrogen) atoms. The highest BCUT2D eigenvalue weighted by Gasteiger charge is 2.32. The van der Waals surface area contributed by atoms with Crippen LogP contribution < -0.4 is 26.1 Å². The van der Waals surface area contributed by atoms with E-state index < -0.39 is 17.2 Å². The molecule has 0 saturated carbocycles. The number of ether oxygens (including phenoxy) is 1. The molecule has 1 saturated heterocycles. The van der Waals surface area contributed by atoms with E-state index >= 15 is 4.39 Å². The molecule has 6 rings (SSSR count). The van der Waals surface area contributed by atoms with Gasteiger partial charge in [0.25, 0.3) is 5.91 Å². The molecular weight excluding hydrogens is 523 g/mol. The molecule has 1 atom stereocenters. The lowest BCUT2D eigenvalue weighted by Crippen LogP contribution is -2.31. The second kappa shape index (κ2) is 10.9. The third-order valence-corrected chi connectivity index (χ3v) is 7.57. The van der Waals surface area contributed by atoms with E-state index in [1.54, 1.807) is 17.1 Å². The van der Waals surface area contributed by atoms with Crippen molar-refractivity contribution < 1.29 is 13.9 Å². The molecule has 3 aromatic carbocycles. The number of hydrogen-bond acceptors (Lipinski definition) is 6. The van der Waals surface area contributed by atoms with Crippen LogP contribution in [0.2, 0.25) is 0 Å². The van der Waals surface area contributed by atoms with E-state index in [0.717, 1.165) is 23.6 Å². The minimum atomic E-state index is -0.578. The Morgan fingerprint density at radius 3 is 2.73 bits per heavy atom. The molecule has 0 unspecified atom stereocenters. The predicted molar refractivity (Wildman–Crippen MR) is 161 cm³/mol. The molecule has 1 fully saturated rings. The number of aromatic nitrogens is 1. The molecular formula is C31H33FN6O3. The summed E-state index contributed by atoms with van der Waals surface area (Å²) < 4.78 is 24.0. The number of pyridine rings is 1. The Balaban J connectivity index is 1.43. The first-order valence-electron chi connectivity index (χ1n) is 13.9. The normalized spacial score (nSPS) is 15.9. The van der Waals surface area contributed by atoms with Gasteiger partial charge in [0, 0.05) is 52.5 Å². The second-order valence-electron chi connectivity index (χ2n) is 10.9. The molecule has 0 spiro atoms. The Bertz CT molecular complexity index is 1750. The van der Waals surface area contributed by atoms with Gasteiger partial charge in [0.05, 0.1) is 17.4 Å². The first-order chi connectivity index (χ1) is 19.8. The molecule has 10 heteroatoms. The summed E-state index contributed by atoms with van der Waals surface area (Å²) in [6.45, 7) is 2.10. The minimum Gasteiger partial charge on any atom is -0.451 e. The van der Waals surface area contributed by atoms with Gasteiger partial charge in [-0.1, -0.05) is 24.3 Å². The summed E-state index contributed by atoms with van der Waals surface area (Å²) in [7, 11) is 3.81. The van der Waals surface area contributed by atoms with Crippen LogP contribution in [0.3, 0.4) is 0 Å². The molecule has 2 aliphatic heterocycles. The van der Waals surface area contributed by atoms with Crippen LogP contribution in [0.15, 0.2) is 58.4 Å². The van der Waals surface area contributed by atoms with E-state index in [0.29, 0.717) is 49.6 Å². The van der Waals surface area contributed by atoms with Crippen molar-refractivity contribution in [2.24, 2.45) is 10.7 Å². The van der Waals surface area contributed by atoms with Crippen LogP contribution in [0.4, 0.5) is 10.1 Å². The first kappa shape index (κ1) is 26.8. The van der Waals surface area contributed by atoms with Gasteiger partial charge in [-0.2, -0.15) is 0 Å². The number of benzene rings is 3. The van der Waals surface area contributed by atoms with Crippen LogP contribution in [0.1, 0.15) is 29.6 Å². The zero-order valence-corrected chi connectivity index (χ0v) is 23.2. The monoisotopic (exact) mass is 556 g/mol. The Kier molecular flexibility index (Phi) is 7.08. The smallest absolute Gasteiger partial charge is 0.256 e. The standard InChI is InChI=1S/C31H33FN6O3/c1-36(2)18-34-10-5-6-11-35-31(40)23-17-38-25-13-19-7-3-4-8-20(19)14-26(25)41-30-27(38)22(29(23)39)15-24(32)28(30)37-12-9-21(33)16-37/h3-4,7-8,13-15,17-18,21H,5-6,9-12,16,33H2,1-2H3,(H,35,40)/b34-18+/t21-/m1/s1. The van der Waals surface area contributed by atoms with Gasteiger partial charge < -0.3 is 30.2 Å². The van der Waals surface area contributed by atoms with Crippen molar-refractivity contribution in [1.82, 2.24) is 14.8 Å². The van der Waals surface area contributed by atoms with E-state index in [1.165, 1.54) is 6.07 Å². The topological polar surface area (TPSA) is 105 Å². The highest BCUT2D eigenvalue weighted by Crippen LogP contribution is 2.48.